The maximum absolute atomic E-state index is 11.6. The zero-order valence-electron chi connectivity index (χ0n) is 8.91. The summed E-state index contributed by atoms with van der Waals surface area (Å²) in [6, 6.07) is 13.9. The summed E-state index contributed by atoms with van der Waals surface area (Å²) >= 11 is 3.25. The highest BCUT2D eigenvalue weighted by Gasteiger charge is 2.09. The highest BCUT2D eigenvalue weighted by molar-refractivity contribution is 9.10. The molecule has 2 nitrogen and oxygen atoms in total. The molecule has 3 heteroatoms. The number of nitrogens with one attached hydrogen (secondary N) is 1. The van der Waals surface area contributed by atoms with E-state index in [1.54, 1.807) is 6.92 Å². The van der Waals surface area contributed by atoms with Crippen LogP contribution in [0.15, 0.2) is 42.5 Å². The fraction of sp³-hybridized carbons (Fsp3) is 0.154. The molecule has 1 N–H and O–H groups in total. The molecule has 0 bridgehead atoms. The van der Waals surface area contributed by atoms with Crippen LogP contribution in [0, 0.1) is 0 Å². The lowest BCUT2D eigenvalue weighted by Crippen LogP contribution is -2.19. The molecule has 16 heavy (non-hydrogen) atoms. The summed E-state index contributed by atoms with van der Waals surface area (Å²) < 4.78 is 0. The maximum atomic E-state index is 11.6. The Bertz CT molecular complexity index is 517. The second-order valence-electron chi connectivity index (χ2n) is 3.63. The summed E-state index contributed by atoms with van der Waals surface area (Å²) in [7, 11) is 0. The van der Waals surface area contributed by atoms with Gasteiger partial charge in [-0.15, -0.1) is 0 Å². The van der Waals surface area contributed by atoms with Crippen LogP contribution in [-0.4, -0.2) is 10.7 Å². The van der Waals surface area contributed by atoms with E-state index >= 15 is 0 Å². The second kappa shape index (κ2) is 4.66. The molecule has 2 aromatic carbocycles. The molecule has 0 aliphatic rings. The van der Waals surface area contributed by atoms with Crippen LogP contribution in [-0.2, 0) is 4.79 Å². The normalized spacial score (nSPS) is 12.4. The minimum absolute atomic E-state index is 0.0312. The zero-order valence-corrected chi connectivity index (χ0v) is 10.5. The van der Waals surface area contributed by atoms with E-state index in [9.17, 15) is 4.79 Å². The minimum atomic E-state index is -0.188. The van der Waals surface area contributed by atoms with E-state index in [-0.39, 0.29) is 10.7 Å². The third-order valence-electron chi connectivity index (χ3n) is 2.41. The Hall–Kier alpha value is -1.35. The molecule has 0 radical (unpaired) electrons. The molecule has 0 aliphatic heterocycles. The number of alkyl halides is 1. The van der Waals surface area contributed by atoms with Gasteiger partial charge >= 0.3 is 0 Å². The molecule has 1 amide bonds. The van der Waals surface area contributed by atoms with Gasteiger partial charge in [-0.25, -0.2) is 0 Å². The first-order chi connectivity index (χ1) is 7.68. The van der Waals surface area contributed by atoms with Crippen molar-refractivity contribution in [3.05, 3.63) is 42.5 Å². The van der Waals surface area contributed by atoms with Crippen LogP contribution in [0.3, 0.4) is 0 Å². The minimum Gasteiger partial charge on any atom is -0.325 e. The van der Waals surface area contributed by atoms with Crippen molar-refractivity contribution in [2.45, 2.75) is 11.8 Å². The lowest BCUT2D eigenvalue weighted by atomic mass is 10.1. The standard InChI is InChI=1S/C13H12BrNO/c1-9(14)13(16)15-12-8-4-6-10-5-2-3-7-11(10)12/h2-9H,1H3,(H,15,16)/t9-/m0/s1. The van der Waals surface area contributed by atoms with Crippen molar-refractivity contribution >= 4 is 38.3 Å². The number of benzene rings is 2. The molecule has 0 aromatic heterocycles. The van der Waals surface area contributed by atoms with Gasteiger partial charge in [0.05, 0.1) is 4.83 Å². The van der Waals surface area contributed by atoms with Crippen LogP contribution in [0.4, 0.5) is 5.69 Å². The van der Waals surface area contributed by atoms with Gasteiger partial charge in [0.1, 0.15) is 0 Å². The smallest absolute Gasteiger partial charge is 0.237 e. The van der Waals surface area contributed by atoms with Crippen molar-refractivity contribution in [3.63, 3.8) is 0 Å². The number of anilines is 1. The van der Waals surface area contributed by atoms with E-state index < -0.39 is 0 Å². The van der Waals surface area contributed by atoms with Gasteiger partial charge in [0.15, 0.2) is 0 Å². The van der Waals surface area contributed by atoms with Gasteiger partial charge in [0.2, 0.25) is 5.91 Å². The fourth-order valence-electron chi connectivity index (χ4n) is 1.57. The lowest BCUT2D eigenvalue weighted by molar-refractivity contribution is -0.115. The van der Waals surface area contributed by atoms with Gasteiger partial charge in [-0.2, -0.15) is 0 Å². The number of halogens is 1. The average Bonchev–Trinajstić information content (AvgIpc) is 2.29. The van der Waals surface area contributed by atoms with Gasteiger partial charge in [-0.3, -0.25) is 4.79 Å². The topological polar surface area (TPSA) is 29.1 Å². The largest absolute Gasteiger partial charge is 0.325 e. The van der Waals surface area contributed by atoms with E-state index in [2.05, 4.69) is 21.2 Å². The van der Waals surface area contributed by atoms with E-state index in [0.717, 1.165) is 16.5 Å². The Balaban J connectivity index is 2.41. The highest BCUT2D eigenvalue weighted by Crippen LogP contribution is 2.23. The van der Waals surface area contributed by atoms with Crippen molar-refractivity contribution in [1.82, 2.24) is 0 Å². The molecule has 1 atom stereocenters. The summed E-state index contributed by atoms with van der Waals surface area (Å²) in [6.45, 7) is 1.81. The Morgan fingerprint density at radius 2 is 1.88 bits per heavy atom. The molecule has 2 aromatic rings. The summed E-state index contributed by atoms with van der Waals surface area (Å²) in [6.07, 6.45) is 0. The van der Waals surface area contributed by atoms with Crippen molar-refractivity contribution in [2.24, 2.45) is 0 Å². The molecule has 0 saturated carbocycles. The molecular weight excluding hydrogens is 266 g/mol. The van der Waals surface area contributed by atoms with Gasteiger partial charge in [0, 0.05) is 11.1 Å². The predicted molar refractivity (Wildman–Crippen MR) is 71.0 cm³/mol. The summed E-state index contributed by atoms with van der Waals surface area (Å²) in [4.78, 5) is 11.4. The number of fused-ring (bicyclic) bond motifs is 1. The summed E-state index contributed by atoms with van der Waals surface area (Å²) in [5.74, 6) is -0.0312. The van der Waals surface area contributed by atoms with E-state index in [1.807, 2.05) is 42.5 Å². The van der Waals surface area contributed by atoms with Crippen LogP contribution in [0.2, 0.25) is 0 Å². The van der Waals surface area contributed by atoms with Crippen LogP contribution in [0.25, 0.3) is 10.8 Å². The van der Waals surface area contributed by atoms with Crippen LogP contribution < -0.4 is 5.32 Å². The first-order valence-corrected chi connectivity index (χ1v) is 6.03. The van der Waals surface area contributed by atoms with Crippen LogP contribution in [0.1, 0.15) is 6.92 Å². The number of carbonyl (C=O) groups is 1. The van der Waals surface area contributed by atoms with E-state index in [0.29, 0.717) is 0 Å². The monoisotopic (exact) mass is 277 g/mol. The molecule has 0 aliphatic carbocycles. The average molecular weight is 278 g/mol. The summed E-state index contributed by atoms with van der Waals surface area (Å²) in [5.41, 5.74) is 0.856. The molecule has 0 saturated heterocycles. The molecular formula is C13H12BrNO. The first kappa shape index (κ1) is 11.1. The summed E-state index contributed by atoms with van der Waals surface area (Å²) in [5, 5.41) is 5.09. The van der Waals surface area contributed by atoms with Gasteiger partial charge in [-0.1, -0.05) is 52.3 Å². The molecule has 0 spiro atoms. The third-order valence-corrected chi connectivity index (χ3v) is 2.82. The van der Waals surface area contributed by atoms with Gasteiger partial charge in [-0.05, 0) is 18.4 Å². The van der Waals surface area contributed by atoms with Gasteiger partial charge in [0.25, 0.3) is 0 Å². The highest BCUT2D eigenvalue weighted by atomic mass is 79.9. The number of carbonyl (C=O) groups excluding carboxylic acids is 1. The fourth-order valence-corrected chi connectivity index (χ4v) is 1.68. The van der Waals surface area contributed by atoms with Gasteiger partial charge < -0.3 is 5.32 Å². The van der Waals surface area contributed by atoms with Crippen LogP contribution in [0.5, 0.6) is 0 Å². The molecule has 82 valence electrons. The van der Waals surface area contributed by atoms with Crippen LogP contribution >= 0.6 is 15.9 Å². The Morgan fingerprint density at radius 1 is 1.19 bits per heavy atom. The predicted octanol–water partition coefficient (Wildman–Crippen LogP) is 3.56. The molecule has 0 heterocycles. The number of hydrogen-bond donors (Lipinski definition) is 1. The Morgan fingerprint density at radius 3 is 2.62 bits per heavy atom. The van der Waals surface area contributed by atoms with Crippen molar-refractivity contribution < 1.29 is 4.79 Å². The van der Waals surface area contributed by atoms with Crippen molar-refractivity contribution in [1.29, 1.82) is 0 Å². The molecule has 2 rings (SSSR count). The molecule has 0 unspecified atom stereocenters. The van der Waals surface area contributed by atoms with E-state index in [4.69, 9.17) is 0 Å². The van der Waals surface area contributed by atoms with Crippen molar-refractivity contribution in [2.75, 3.05) is 5.32 Å². The Kier molecular flexibility index (Phi) is 3.25. The third kappa shape index (κ3) is 2.25. The SMILES string of the molecule is C[C@H](Br)C(=O)Nc1cccc2ccccc12. The van der Waals surface area contributed by atoms with E-state index in [1.165, 1.54) is 0 Å². The lowest BCUT2D eigenvalue weighted by Gasteiger charge is -2.09. The number of hydrogen-bond acceptors (Lipinski definition) is 1. The quantitative estimate of drug-likeness (QED) is 0.836. The number of amides is 1. The first-order valence-electron chi connectivity index (χ1n) is 5.11. The molecule has 0 fully saturated rings. The van der Waals surface area contributed by atoms with Crippen molar-refractivity contribution in [3.8, 4) is 0 Å². The number of rotatable bonds is 2. The Labute approximate surface area is 103 Å². The maximum Gasteiger partial charge on any atom is 0.237 e. The second-order valence-corrected chi connectivity index (χ2v) is 5.01. The zero-order chi connectivity index (χ0) is 11.5.